The van der Waals surface area contributed by atoms with Crippen LogP contribution in [0.1, 0.15) is 22.3 Å². The van der Waals surface area contributed by atoms with Gasteiger partial charge in [0.25, 0.3) is 0 Å². The van der Waals surface area contributed by atoms with Crippen LogP contribution in [-0.2, 0) is 6.61 Å². The molecule has 5 heteroatoms. The molecule has 0 saturated carbocycles. The van der Waals surface area contributed by atoms with E-state index in [1.54, 1.807) is 6.07 Å². The van der Waals surface area contributed by atoms with Gasteiger partial charge in [-0.1, -0.05) is 23.8 Å². The Morgan fingerprint density at radius 3 is 2.43 bits per heavy atom. The number of rotatable bonds is 4. The van der Waals surface area contributed by atoms with Crippen molar-refractivity contribution in [1.82, 2.24) is 0 Å². The van der Waals surface area contributed by atoms with Gasteiger partial charge >= 0.3 is 0 Å². The predicted molar refractivity (Wildman–Crippen MR) is 87.5 cm³/mol. The normalized spacial score (nSPS) is 10.5. The van der Waals surface area contributed by atoms with Crippen molar-refractivity contribution in [3.8, 4) is 5.75 Å². The van der Waals surface area contributed by atoms with Gasteiger partial charge in [-0.25, -0.2) is 4.39 Å². The molecule has 0 radical (unpaired) electrons. The number of aryl methyl sites for hydroxylation is 2. The summed E-state index contributed by atoms with van der Waals surface area (Å²) in [5.41, 5.74) is 8.74. The van der Waals surface area contributed by atoms with E-state index in [4.69, 9.17) is 34.3 Å². The highest BCUT2D eigenvalue weighted by atomic mass is 35.5. The molecule has 110 valence electrons. The van der Waals surface area contributed by atoms with Crippen molar-refractivity contribution in [2.24, 2.45) is 5.73 Å². The van der Waals surface area contributed by atoms with Crippen LogP contribution in [0.15, 0.2) is 30.3 Å². The number of ether oxygens (including phenoxy) is 1. The lowest BCUT2D eigenvalue weighted by Crippen LogP contribution is -2.14. The van der Waals surface area contributed by atoms with E-state index >= 15 is 0 Å². The molecule has 0 fully saturated rings. The first-order valence-electron chi connectivity index (χ1n) is 6.36. The predicted octanol–water partition coefficient (Wildman–Crippen LogP) is 4.31. The molecule has 0 bridgehead atoms. The Morgan fingerprint density at radius 1 is 1.24 bits per heavy atom. The highest BCUT2D eigenvalue weighted by Gasteiger charge is 2.10. The SMILES string of the molecule is Cc1cc(Cl)cc(C)c1OCc1cc(F)ccc1C(N)=S. The van der Waals surface area contributed by atoms with Crippen LogP contribution in [-0.4, -0.2) is 4.99 Å². The molecule has 2 aromatic carbocycles. The molecule has 21 heavy (non-hydrogen) atoms. The highest BCUT2D eigenvalue weighted by Crippen LogP contribution is 2.28. The van der Waals surface area contributed by atoms with E-state index in [0.29, 0.717) is 16.1 Å². The van der Waals surface area contributed by atoms with Gasteiger partial charge in [-0.2, -0.15) is 0 Å². The minimum atomic E-state index is -0.349. The minimum Gasteiger partial charge on any atom is -0.488 e. The molecule has 0 aliphatic carbocycles. The number of hydrogen-bond donors (Lipinski definition) is 1. The molecule has 2 N–H and O–H groups in total. The Bertz CT molecular complexity index is 680. The first-order chi connectivity index (χ1) is 9.88. The van der Waals surface area contributed by atoms with Crippen molar-refractivity contribution in [2.75, 3.05) is 0 Å². The summed E-state index contributed by atoms with van der Waals surface area (Å²) < 4.78 is 19.2. The lowest BCUT2D eigenvalue weighted by atomic mass is 10.1. The Morgan fingerprint density at radius 2 is 1.86 bits per heavy atom. The molecule has 0 aliphatic rings. The van der Waals surface area contributed by atoms with Gasteiger partial charge in [-0.05, 0) is 55.3 Å². The van der Waals surface area contributed by atoms with Crippen LogP contribution in [0.3, 0.4) is 0 Å². The summed E-state index contributed by atoms with van der Waals surface area (Å²) in [6.07, 6.45) is 0. The number of hydrogen-bond acceptors (Lipinski definition) is 2. The molecule has 0 aliphatic heterocycles. The smallest absolute Gasteiger partial charge is 0.125 e. The zero-order valence-corrected chi connectivity index (χ0v) is 13.3. The van der Waals surface area contributed by atoms with Gasteiger partial charge in [0.1, 0.15) is 23.2 Å². The van der Waals surface area contributed by atoms with Gasteiger partial charge in [0, 0.05) is 16.1 Å². The van der Waals surface area contributed by atoms with E-state index in [9.17, 15) is 4.39 Å². The Labute approximate surface area is 133 Å². The molecular formula is C16H15ClFNOS. The van der Waals surface area contributed by atoms with Gasteiger partial charge in [-0.15, -0.1) is 0 Å². The molecule has 2 rings (SSSR count). The maximum Gasteiger partial charge on any atom is 0.125 e. The molecule has 0 aromatic heterocycles. The molecule has 0 amide bonds. The number of nitrogens with two attached hydrogens (primary N) is 1. The summed E-state index contributed by atoms with van der Waals surface area (Å²) in [6.45, 7) is 4.01. The van der Waals surface area contributed by atoms with Crippen molar-refractivity contribution < 1.29 is 9.13 Å². The molecule has 0 heterocycles. The van der Waals surface area contributed by atoms with E-state index in [-0.39, 0.29) is 17.4 Å². The zero-order valence-electron chi connectivity index (χ0n) is 11.7. The summed E-state index contributed by atoms with van der Waals surface area (Å²) in [7, 11) is 0. The van der Waals surface area contributed by atoms with Gasteiger partial charge in [0.2, 0.25) is 0 Å². The number of halogens is 2. The lowest BCUT2D eigenvalue weighted by Gasteiger charge is -2.14. The van der Waals surface area contributed by atoms with Gasteiger partial charge in [0.05, 0.1) is 0 Å². The molecule has 0 atom stereocenters. The highest BCUT2D eigenvalue weighted by molar-refractivity contribution is 7.80. The van der Waals surface area contributed by atoms with Crippen molar-refractivity contribution in [2.45, 2.75) is 20.5 Å². The van der Waals surface area contributed by atoms with Gasteiger partial charge < -0.3 is 10.5 Å². The molecule has 2 nitrogen and oxygen atoms in total. The summed E-state index contributed by atoms with van der Waals surface area (Å²) in [4.78, 5) is 0.221. The molecule has 0 saturated heterocycles. The van der Waals surface area contributed by atoms with Crippen molar-refractivity contribution in [3.63, 3.8) is 0 Å². The van der Waals surface area contributed by atoms with Crippen molar-refractivity contribution >= 4 is 28.8 Å². The third-order valence-corrected chi connectivity index (χ3v) is 3.57. The number of benzene rings is 2. The second-order valence-corrected chi connectivity index (χ2v) is 5.70. The third kappa shape index (κ3) is 3.71. The van der Waals surface area contributed by atoms with Gasteiger partial charge in [0.15, 0.2) is 0 Å². The number of thiocarbonyl (C=S) groups is 1. The second kappa shape index (κ2) is 6.41. The van der Waals surface area contributed by atoms with Crippen LogP contribution in [0, 0.1) is 19.7 Å². The van der Waals surface area contributed by atoms with Crippen molar-refractivity contribution in [3.05, 3.63) is 63.4 Å². The van der Waals surface area contributed by atoms with E-state index in [0.717, 1.165) is 16.9 Å². The second-order valence-electron chi connectivity index (χ2n) is 4.82. The molecule has 0 spiro atoms. The quantitative estimate of drug-likeness (QED) is 0.852. The fourth-order valence-corrected chi connectivity index (χ4v) is 2.72. The molecule has 0 unspecified atom stereocenters. The minimum absolute atomic E-state index is 0.188. The summed E-state index contributed by atoms with van der Waals surface area (Å²) in [5, 5.41) is 0.659. The Hall–Kier alpha value is -1.65. The van der Waals surface area contributed by atoms with Crippen molar-refractivity contribution in [1.29, 1.82) is 0 Å². The maximum absolute atomic E-state index is 13.4. The Kier molecular flexibility index (Phi) is 4.80. The van der Waals surface area contributed by atoms with E-state index in [1.807, 2.05) is 26.0 Å². The van der Waals surface area contributed by atoms with Crippen LogP contribution in [0.25, 0.3) is 0 Å². The molecule has 2 aromatic rings. The van der Waals surface area contributed by atoms with Gasteiger partial charge in [-0.3, -0.25) is 0 Å². The lowest BCUT2D eigenvalue weighted by molar-refractivity contribution is 0.301. The van der Waals surface area contributed by atoms with E-state index in [1.165, 1.54) is 12.1 Å². The monoisotopic (exact) mass is 323 g/mol. The topological polar surface area (TPSA) is 35.2 Å². The fourth-order valence-electron chi connectivity index (χ4n) is 2.20. The van der Waals surface area contributed by atoms with E-state index in [2.05, 4.69) is 0 Å². The average molecular weight is 324 g/mol. The maximum atomic E-state index is 13.4. The average Bonchev–Trinajstić information content (AvgIpc) is 2.37. The van der Waals surface area contributed by atoms with Crippen LogP contribution in [0.2, 0.25) is 5.02 Å². The summed E-state index contributed by atoms with van der Waals surface area (Å²) >= 11 is 11.0. The van der Waals surface area contributed by atoms with Crippen LogP contribution in [0.4, 0.5) is 4.39 Å². The van der Waals surface area contributed by atoms with Crippen LogP contribution >= 0.6 is 23.8 Å². The summed E-state index contributed by atoms with van der Waals surface area (Å²) in [5.74, 6) is 0.385. The first-order valence-corrected chi connectivity index (χ1v) is 7.15. The van der Waals surface area contributed by atoms with E-state index < -0.39 is 0 Å². The van der Waals surface area contributed by atoms with Crippen LogP contribution in [0.5, 0.6) is 5.75 Å². The van der Waals surface area contributed by atoms with Crippen LogP contribution < -0.4 is 10.5 Å². The third-order valence-electron chi connectivity index (χ3n) is 3.13. The molecular weight excluding hydrogens is 309 g/mol. The largest absolute Gasteiger partial charge is 0.488 e. The standard InChI is InChI=1S/C16H15ClFNOS/c1-9-5-12(17)6-10(2)15(9)20-8-11-7-13(18)3-4-14(11)16(19)21/h3-7H,8H2,1-2H3,(H2,19,21). The summed E-state index contributed by atoms with van der Waals surface area (Å²) in [6, 6.07) is 7.93. The zero-order chi connectivity index (χ0) is 15.6. The Balaban J connectivity index is 2.28. The fraction of sp³-hybridized carbons (Fsp3) is 0.188. The first kappa shape index (κ1) is 15.7.